The van der Waals surface area contributed by atoms with E-state index in [9.17, 15) is 0 Å². The summed E-state index contributed by atoms with van der Waals surface area (Å²) in [5.74, 6) is 1.99. The molecule has 0 radical (unpaired) electrons. The Morgan fingerprint density at radius 2 is 1.38 bits per heavy atom. The third-order valence-electron chi connectivity index (χ3n) is 11.3. The molecule has 6 aromatic carbocycles. The molecule has 0 saturated heterocycles. The van der Waals surface area contributed by atoms with Crippen molar-refractivity contribution in [2.45, 2.75) is 53.8 Å². The van der Waals surface area contributed by atoms with Gasteiger partial charge in [-0.1, -0.05) is 92.5 Å². The summed E-state index contributed by atoms with van der Waals surface area (Å²) in [5, 5.41) is 2.09. The standard InChI is InChI=1S/C55H47N5O/c1-35-16-18-39(19-17-35)45-12-8-9-13-48(45)59-34-58(49-14-10-11-15-50(49)59)42-28-40(54-37(3)26-36(2)27-38(54)4)29-44(31-42)61-43-20-21-46-47-23-24-56-33-52(47)60(51(46)32-43)53-30-41(22-25-57-53)55(5,6)7/h8-33H,1-7H3/q+2/i1D3,16D,17D,18D,19D. The van der Waals surface area contributed by atoms with E-state index in [-0.39, 0.29) is 11.0 Å². The number of rotatable bonds is 7. The number of para-hydroxylation sites is 3. The number of hydrogen-bond donors (Lipinski definition) is 0. The van der Waals surface area contributed by atoms with Crippen molar-refractivity contribution in [3.05, 3.63) is 186 Å². The lowest BCUT2D eigenvalue weighted by Gasteiger charge is -2.20. The fourth-order valence-electron chi connectivity index (χ4n) is 8.61. The minimum Gasteiger partial charge on any atom is -0.457 e. The molecule has 0 amide bonds. The van der Waals surface area contributed by atoms with Gasteiger partial charge in [-0.3, -0.25) is 9.55 Å². The average Bonchev–Trinajstić information content (AvgIpc) is 3.84. The van der Waals surface area contributed by atoms with E-state index in [0.717, 1.165) is 78.1 Å². The Labute approximate surface area is 366 Å². The summed E-state index contributed by atoms with van der Waals surface area (Å²) in [7, 11) is 0. The van der Waals surface area contributed by atoms with Crippen molar-refractivity contribution >= 4 is 50.6 Å². The summed E-state index contributed by atoms with van der Waals surface area (Å²) in [6, 6.07) is 39.3. The molecule has 4 heterocycles. The molecule has 6 nitrogen and oxygen atoms in total. The van der Waals surface area contributed by atoms with Crippen molar-refractivity contribution in [2.75, 3.05) is 0 Å². The number of nitrogens with zero attached hydrogens (tertiary/aromatic N) is 5. The lowest BCUT2D eigenvalue weighted by molar-refractivity contribution is 0.483. The van der Waals surface area contributed by atoms with Crippen LogP contribution in [-0.2, 0) is 5.41 Å². The van der Waals surface area contributed by atoms with Gasteiger partial charge in [0.15, 0.2) is 0 Å². The summed E-state index contributed by atoms with van der Waals surface area (Å²) in [6.07, 6.45) is 5.54. The van der Waals surface area contributed by atoms with Gasteiger partial charge in [0.1, 0.15) is 17.3 Å². The van der Waals surface area contributed by atoms with Crippen LogP contribution in [0.5, 0.6) is 11.5 Å². The van der Waals surface area contributed by atoms with Crippen LogP contribution in [-0.4, -0.2) is 20.5 Å². The highest BCUT2D eigenvalue weighted by Gasteiger charge is 2.38. The molecule has 61 heavy (non-hydrogen) atoms. The van der Waals surface area contributed by atoms with Gasteiger partial charge in [-0.25, -0.2) is 4.98 Å². The van der Waals surface area contributed by atoms with E-state index in [2.05, 4.69) is 99.6 Å². The maximum Gasteiger partial charge on any atom is 0.503 e. The largest absolute Gasteiger partial charge is 0.503 e. The highest BCUT2D eigenvalue weighted by Crippen LogP contribution is 2.43. The van der Waals surface area contributed by atoms with Crippen LogP contribution in [0, 0.1) is 27.6 Å². The van der Waals surface area contributed by atoms with Crippen molar-refractivity contribution in [1.82, 2.24) is 23.7 Å². The number of fused-ring (bicyclic) bond motifs is 4. The SMILES string of the molecule is [2H]c1c([2H])c(C([2H])([2H])[2H])c([2H])c([2H])c1-c1ccccc1[N+]1=C=[N+](c2cc(Oc3ccc4c5ccncc5n(-c5cc(C(C)(C)C)ccn5)c4c3)cc(-c3c(C)cc(C)cc3C)c2)c2ccccc21. The minimum absolute atomic E-state index is 0.00528. The van der Waals surface area contributed by atoms with Gasteiger partial charge in [0.2, 0.25) is 11.4 Å². The molecule has 1 aliphatic rings. The van der Waals surface area contributed by atoms with Gasteiger partial charge in [0.25, 0.3) is 11.4 Å². The van der Waals surface area contributed by atoms with Gasteiger partial charge in [0.05, 0.1) is 34.3 Å². The highest BCUT2D eigenvalue weighted by molar-refractivity contribution is 6.09. The fraction of sp³-hybridized carbons (Fsp3) is 0.145. The van der Waals surface area contributed by atoms with Crippen LogP contribution in [0.4, 0.5) is 22.7 Å². The Morgan fingerprint density at radius 3 is 2.13 bits per heavy atom. The monoisotopic (exact) mass is 800 g/mol. The summed E-state index contributed by atoms with van der Waals surface area (Å²) < 4.78 is 72.2. The Bertz CT molecular complexity index is 3600. The zero-order chi connectivity index (χ0) is 48.0. The second-order valence-electron chi connectivity index (χ2n) is 16.7. The van der Waals surface area contributed by atoms with E-state index < -0.39 is 36.6 Å². The summed E-state index contributed by atoms with van der Waals surface area (Å²) in [5.41, 5.74) is 10.9. The minimum atomic E-state index is -2.83. The molecule has 1 aliphatic heterocycles. The maximum absolute atomic E-state index is 8.99. The lowest BCUT2D eigenvalue weighted by Crippen LogP contribution is -2.12. The summed E-state index contributed by atoms with van der Waals surface area (Å²) in [4.78, 5) is 9.36. The van der Waals surface area contributed by atoms with Gasteiger partial charge in [-0.05, 0) is 118 Å². The normalized spacial score (nSPS) is 14.3. The summed E-state index contributed by atoms with van der Waals surface area (Å²) >= 11 is 0. The van der Waals surface area contributed by atoms with Crippen molar-refractivity contribution < 1.29 is 14.3 Å². The first kappa shape index (κ1) is 30.6. The molecule has 0 fully saturated rings. The van der Waals surface area contributed by atoms with Gasteiger partial charge >= 0.3 is 6.01 Å². The van der Waals surface area contributed by atoms with Crippen LogP contribution in [0.3, 0.4) is 0 Å². The second-order valence-corrected chi connectivity index (χ2v) is 16.7. The van der Waals surface area contributed by atoms with E-state index in [0.29, 0.717) is 22.7 Å². The molecule has 0 N–H and O–H groups in total. The highest BCUT2D eigenvalue weighted by atomic mass is 16.5. The first-order chi connectivity index (χ1) is 32.4. The molecular weight excluding hydrogens is 747 g/mol. The maximum atomic E-state index is 8.99. The topological polar surface area (TPSA) is 46.0 Å². The Hall–Kier alpha value is -7.40. The first-order valence-electron chi connectivity index (χ1n) is 23.8. The summed E-state index contributed by atoms with van der Waals surface area (Å²) in [6.45, 7) is 10.1. The van der Waals surface area contributed by atoms with E-state index in [1.165, 1.54) is 0 Å². The molecule has 0 atom stereocenters. The molecule has 0 spiro atoms. The average molecular weight is 801 g/mol. The molecule has 3 aromatic heterocycles. The zero-order valence-corrected chi connectivity index (χ0v) is 34.8. The molecule has 0 unspecified atom stereocenters. The number of hydrogen-bond acceptors (Lipinski definition) is 3. The van der Waals surface area contributed by atoms with Crippen molar-refractivity contribution in [1.29, 1.82) is 0 Å². The molecule has 10 rings (SSSR count). The number of aryl methyl sites for hydroxylation is 3. The van der Waals surface area contributed by atoms with Gasteiger partial charge in [-0.15, -0.1) is 0 Å². The number of pyridine rings is 2. The predicted molar refractivity (Wildman–Crippen MR) is 252 cm³/mol. The predicted octanol–water partition coefficient (Wildman–Crippen LogP) is 14.1. The van der Waals surface area contributed by atoms with Crippen molar-refractivity contribution in [3.63, 3.8) is 0 Å². The van der Waals surface area contributed by atoms with Crippen molar-refractivity contribution in [3.8, 4) is 39.6 Å². The van der Waals surface area contributed by atoms with E-state index in [1.807, 2.05) is 82.2 Å². The molecule has 0 bridgehead atoms. The number of ether oxygens (including phenoxy) is 1. The van der Waals surface area contributed by atoms with E-state index in [1.54, 1.807) is 18.3 Å². The van der Waals surface area contributed by atoms with Crippen LogP contribution in [0.25, 0.3) is 49.9 Å². The molecular formula is C55H47N5O+2. The molecule has 9 aromatic rings. The van der Waals surface area contributed by atoms with Crippen LogP contribution < -0.4 is 13.9 Å². The van der Waals surface area contributed by atoms with Gasteiger partial charge < -0.3 is 4.74 Å². The number of benzene rings is 6. The molecule has 0 saturated carbocycles. The number of aromatic nitrogens is 3. The molecule has 296 valence electrons. The fourth-order valence-corrected chi connectivity index (χ4v) is 8.61. The van der Waals surface area contributed by atoms with Gasteiger partial charge in [0, 0.05) is 57.6 Å². The quantitative estimate of drug-likeness (QED) is 0.151. The van der Waals surface area contributed by atoms with E-state index in [4.69, 9.17) is 19.3 Å². The third kappa shape index (κ3) is 6.81. The Kier molecular flexibility index (Phi) is 7.38. The van der Waals surface area contributed by atoms with Crippen molar-refractivity contribution in [2.24, 2.45) is 0 Å². The lowest BCUT2D eigenvalue weighted by atomic mass is 9.88. The van der Waals surface area contributed by atoms with E-state index >= 15 is 0 Å². The Balaban J connectivity index is 1.17. The Morgan fingerprint density at radius 1 is 0.656 bits per heavy atom. The van der Waals surface area contributed by atoms with Gasteiger partial charge in [-0.2, -0.15) is 0 Å². The molecule has 6 heteroatoms. The van der Waals surface area contributed by atoms with Crippen LogP contribution in [0.2, 0.25) is 0 Å². The third-order valence-corrected chi connectivity index (χ3v) is 11.3. The van der Waals surface area contributed by atoms with Crippen LogP contribution in [0.15, 0.2) is 158 Å². The molecule has 0 aliphatic carbocycles. The smallest absolute Gasteiger partial charge is 0.457 e. The van der Waals surface area contributed by atoms with Crippen LogP contribution >= 0.6 is 0 Å². The zero-order valence-electron chi connectivity index (χ0n) is 41.8. The van der Waals surface area contributed by atoms with Crippen LogP contribution in [0.1, 0.15) is 58.2 Å². The second kappa shape index (κ2) is 14.7. The first-order valence-corrected chi connectivity index (χ1v) is 20.3.